The number of methoxy groups -OCH3 is 1. The Balaban J connectivity index is 1.41. The minimum atomic E-state index is -0.152. The minimum Gasteiger partial charge on any atom is -0.497 e. The van der Waals surface area contributed by atoms with Crippen molar-refractivity contribution in [3.63, 3.8) is 0 Å². The first-order chi connectivity index (χ1) is 15.7. The molecule has 5 heteroatoms. The molecule has 164 valence electrons. The van der Waals surface area contributed by atoms with Crippen LogP contribution in [0.5, 0.6) is 5.75 Å². The molecule has 0 N–H and O–H groups in total. The Bertz CT molecular complexity index is 996. The van der Waals surface area contributed by atoms with Crippen LogP contribution in [0.1, 0.15) is 22.8 Å². The maximum atomic E-state index is 13.0. The average molecular weight is 446 g/mol. The third-order valence-electron chi connectivity index (χ3n) is 5.38. The fourth-order valence-corrected chi connectivity index (χ4v) is 4.68. The predicted octanol–water partition coefficient (Wildman–Crippen LogP) is 5.42. The third-order valence-corrected chi connectivity index (χ3v) is 6.37. The van der Waals surface area contributed by atoms with Crippen molar-refractivity contribution in [1.29, 1.82) is 0 Å². The molecular formula is C27H27NO3S. The van der Waals surface area contributed by atoms with Gasteiger partial charge in [0.05, 0.1) is 18.6 Å². The van der Waals surface area contributed by atoms with E-state index in [1.54, 1.807) is 18.9 Å². The van der Waals surface area contributed by atoms with Gasteiger partial charge in [-0.05, 0) is 34.9 Å². The van der Waals surface area contributed by atoms with Crippen molar-refractivity contribution in [2.75, 3.05) is 32.6 Å². The van der Waals surface area contributed by atoms with E-state index in [0.29, 0.717) is 13.2 Å². The lowest BCUT2D eigenvalue weighted by molar-refractivity contribution is -0.127. The zero-order chi connectivity index (χ0) is 22.2. The van der Waals surface area contributed by atoms with Gasteiger partial charge in [-0.2, -0.15) is 0 Å². The lowest BCUT2D eigenvalue weighted by Gasteiger charge is -2.29. The number of amides is 1. The molecule has 0 atom stereocenters. The van der Waals surface area contributed by atoms with Crippen LogP contribution in [0.3, 0.4) is 0 Å². The maximum absolute atomic E-state index is 13.0. The van der Waals surface area contributed by atoms with E-state index in [9.17, 15) is 4.79 Å². The average Bonchev–Trinajstić information content (AvgIpc) is 2.85. The fraction of sp³-hybridized carbons (Fsp3) is 0.222. The Morgan fingerprint density at radius 1 is 0.938 bits per heavy atom. The smallest absolute Gasteiger partial charge is 0.260 e. The van der Waals surface area contributed by atoms with Gasteiger partial charge in [0, 0.05) is 18.8 Å². The standard InChI is InChI=1S/C27H27NO3S/c1-30-24-14-12-21(13-15-24)20-25-27(29)28(17-19-32-25)16-18-31-26(22-8-4-2-5-9-22)23-10-6-3-7-11-23/h2-15,20,26H,16-19H2,1H3. The number of benzene rings is 3. The molecule has 1 fully saturated rings. The summed E-state index contributed by atoms with van der Waals surface area (Å²) >= 11 is 1.61. The molecule has 0 aromatic heterocycles. The summed E-state index contributed by atoms with van der Waals surface area (Å²) in [7, 11) is 1.65. The summed E-state index contributed by atoms with van der Waals surface area (Å²) in [4.78, 5) is 15.7. The van der Waals surface area contributed by atoms with Gasteiger partial charge >= 0.3 is 0 Å². The molecule has 1 aliphatic heterocycles. The van der Waals surface area contributed by atoms with Crippen LogP contribution < -0.4 is 4.74 Å². The normalized spacial score (nSPS) is 15.4. The number of carbonyl (C=O) groups excluding carboxylic acids is 1. The first-order valence-corrected chi connectivity index (χ1v) is 11.7. The second-order valence-electron chi connectivity index (χ2n) is 7.49. The van der Waals surface area contributed by atoms with Gasteiger partial charge in [0.25, 0.3) is 5.91 Å². The van der Waals surface area contributed by atoms with Crippen LogP contribution in [0.4, 0.5) is 0 Å². The Morgan fingerprint density at radius 2 is 1.56 bits per heavy atom. The van der Waals surface area contributed by atoms with Crippen LogP contribution in [0, 0.1) is 0 Å². The van der Waals surface area contributed by atoms with Gasteiger partial charge in [-0.15, -0.1) is 11.8 Å². The molecule has 1 heterocycles. The zero-order valence-corrected chi connectivity index (χ0v) is 19.0. The Hall–Kier alpha value is -3.02. The fourth-order valence-electron chi connectivity index (χ4n) is 3.67. The van der Waals surface area contributed by atoms with Gasteiger partial charge in [0.1, 0.15) is 11.9 Å². The zero-order valence-electron chi connectivity index (χ0n) is 18.1. The highest BCUT2D eigenvalue weighted by Crippen LogP contribution is 2.28. The van der Waals surface area contributed by atoms with Gasteiger partial charge in [0.15, 0.2) is 0 Å². The SMILES string of the molecule is COc1ccc(C=C2SCCN(CCOC(c3ccccc3)c3ccccc3)C2=O)cc1. The van der Waals surface area contributed by atoms with Crippen molar-refractivity contribution in [1.82, 2.24) is 4.90 Å². The van der Waals surface area contributed by atoms with E-state index in [1.165, 1.54) is 0 Å². The molecule has 4 rings (SSSR count). The molecule has 0 aliphatic carbocycles. The predicted molar refractivity (Wildman–Crippen MR) is 131 cm³/mol. The second-order valence-corrected chi connectivity index (χ2v) is 8.63. The monoisotopic (exact) mass is 445 g/mol. The first kappa shape index (κ1) is 22.2. The van der Waals surface area contributed by atoms with E-state index >= 15 is 0 Å². The molecule has 1 amide bonds. The summed E-state index contributed by atoms with van der Waals surface area (Å²) in [5.41, 5.74) is 3.21. The van der Waals surface area contributed by atoms with Crippen LogP contribution in [-0.2, 0) is 9.53 Å². The molecule has 32 heavy (non-hydrogen) atoms. The summed E-state index contributed by atoms with van der Waals surface area (Å²) in [6.45, 7) is 1.77. The Labute approximate surface area is 193 Å². The van der Waals surface area contributed by atoms with Gasteiger partial charge in [-0.3, -0.25) is 4.79 Å². The first-order valence-electron chi connectivity index (χ1n) is 10.7. The van der Waals surface area contributed by atoms with Crippen LogP contribution in [0.25, 0.3) is 6.08 Å². The number of nitrogens with zero attached hydrogens (tertiary/aromatic N) is 1. The van der Waals surface area contributed by atoms with Crippen molar-refractivity contribution >= 4 is 23.7 Å². The lowest BCUT2D eigenvalue weighted by Crippen LogP contribution is -2.39. The van der Waals surface area contributed by atoms with E-state index in [2.05, 4.69) is 24.3 Å². The topological polar surface area (TPSA) is 38.8 Å². The van der Waals surface area contributed by atoms with Crippen molar-refractivity contribution < 1.29 is 14.3 Å². The van der Waals surface area contributed by atoms with Gasteiger partial charge in [0.2, 0.25) is 0 Å². The van der Waals surface area contributed by atoms with Gasteiger partial charge in [-0.1, -0.05) is 72.8 Å². The summed E-state index contributed by atoms with van der Waals surface area (Å²) in [6.07, 6.45) is 1.80. The highest BCUT2D eigenvalue weighted by Gasteiger charge is 2.24. The molecule has 3 aromatic carbocycles. The lowest BCUT2D eigenvalue weighted by atomic mass is 10.0. The van der Waals surface area contributed by atoms with E-state index in [0.717, 1.165) is 39.6 Å². The van der Waals surface area contributed by atoms with Crippen LogP contribution in [0.15, 0.2) is 89.8 Å². The molecule has 0 bridgehead atoms. The second kappa shape index (κ2) is 11.0. The van der Waals surface area contributed by atoms with Gasteiger partial charge in [-0.25, -0.2) is 0 Å². The molecule has 1 saturated heterocycles. The van der Waals surface area contributed by atoms with Crippen LogP contribution >= 0.6 is 11.8 Å². The van der Waals surface area contributed by atoms with Crippen molar-refractivity contribution in [3.05, 3.63) is 107 Å². The highest BCUT2D eigenvalue weighted by atomic mass is 32.2. The number of hydrogen-bond donors (Lipinski definition) is 0. The highest BCUT2D eigenvalue weighted by molar-refractivity contribution is 8.04. The quantitative estimate of drug-likeness (QED) is 0.434. The molecule has 3 aromatic rings. The maximum Gasteiger partial charge on any atom is 0.260 e. The molecule has 4 nitrogen and oxygen atoms in total. The summed E-state index contributed by atoms with van der Waals surface area (Å²) < 4.78 is 11.5. The van der Waals surface area contributed by atoms with E-state index in [4.69, 9.17) is 9.47 Å². The van der Waals surface area contributed by atoms with Gasteiger partial charge < -0.3 is 14.4 Å². The summed E-state index contributed by atoms with van der Waals surface area (Å²) in [5, 5.41) is 0. The molecule has 1 aliphatic rings. The van der Waals surface area contributed by atoms with Crippen LogP contribution in [-0.4, -0.2) is 43.4 Å². The number of hydrogen-bond acceptors (Lipinski definition) is 4. The van der Waals surface area contributed by atoms with Crippen LogP contribution in [0.2, 0.25) is 0 Å². The van der Waals surface area contributed by atoms with Crippen molar-refractivity contribution in [2.45, 2.75) is 6.10 Å². The number of thioether (sulfide) groups is 1. The summed E-state index contributed by atoms with van der Waals surface area (Å²) in [6, 6.07) is 28.2. The molecule has 0 saturated carbocycles. The van der Waals surface area contributed by atoms with Crippen molar-refractivity contribution in [2.24, 2.45) is 0 Å². The Morgan fingerprint density at radius 3 is 2.16 bits per heavy atom. The molecule has 0 unspecified atom stereocenters. The number of rotatable bonds is 8. The third kappa shape index (κ3) is 5.61. The van der Waals surface area contributed by atoms with E-state index < -0.39 is 0 Å². The number of carbonyl (C=O) groups is 1. The number of ether oxygens (including phenoxy) is 2. The molecule has 0 spiro atoms. The molecular weight excluding hydrogens is 418 g/mol. The molecule has 0 radical (unpaired) electrons. The minimum absolute atomic E-state index is 0.0663. The van der Waals surface area contributed by atoms with E-state index in [-0.39, 0.29) is 12.0 Å². The van der Waals surface area contributed by atoms with Crippen molar-refractivity contribution in [3.8, 4) is 5.75 Å². The van der Waals surface area contributed by atoms with E-state index in [1.807, 2.05) is 71.6 Å². The largest absolute Gasteiger partial charge is 0.497 e. The Kier molecular flexibility index (Phi) is 7.64. The summed E-state index contributed by atoms with van der Waals surface area (Å²) in [5.74, 6) is 1.76.